The van der Waals surface area contributed by atoms with E-state index >= 15 is 0 Å². The fourth-order valence-corrected chi connectivity index (χ4v) is 3.69. The first-order chi connectivity index (χ1) is 13.7. The number of rotatable bonds is 7. The lowest BCUT2D eigenvalue weighted by Crippen LogP contribution is -2.49. The normalized spacial score (nSPS) is 17.5. The summed E-state index contributed by atoms with van der Waals surface area (Å²) in [5, 5.41) is 13.9. The van der Waals surface area contributed by atoms with Crippen molar-refractivity contribution in [2.24, 2.45) is 10.9 Å². The van der Waals surface area contributed by atoms with Gasteiger partial charge in [0, 0.05) is 19.6 Å². The predicted molar refractivity (Wildman–Crippen MR) is 111 cm³/mol. The molecule has 0 radical (unpaired) electrons. The second-order valence-corrected chi connectivity index (χ2v) is 7.65. The molecule has 1 fully saturated rings. The fourth-order valence-electron chi connectivity index (χ4n) is 3.69. The number of aromatic amines is 1. The van der Waals surface area contributed by atoms with Crippen LogP contribution in [-0.2, 0) is 6.54 Å². The molecule has 3 rings (SSSR count). The molecule has 8 nitrogen and oxygen atoms in total. The van der Waals surface area contributed by atoms with Crippen LogP contribution < -0.4 is 10.6 Å². The van der Waals surface area contributed by atoms with Crippen LogP contribution in [0.5, 0.6) is 0 Å². The van der Waals surface area contributed by atoms with Crippen LogP contribution in [0.3, 0.4) is 0 Å². The number of nitrogens with one attached hydrogen (secondary N) is 3. The Bertz CT molecular complexity index is 715. The Morgan fingerprint density at radius 3 is 2.68 bits per heavy atom. The van der Waals surface area contributed by atoms with Crippen molar-refractivity contribution in [3.8, 4) is 11.6 Å². The summed E-state index contributed by atoms with van der Waals surface area (Å²) in [5.74, 6) is 3.32. The first-order valence-electron chi connectivity index (χ1n) is 10.3. The van der Waals surface area contributed by atoms with Crippen LogP contribution >= 0.6 is 0 Å². The Morgan fingerprint density at radius 2 is 2.04 bits per heavy atom. The molecule has 0 saturated carbocycles. The van der Waals surface area contributed by atoms with Crippen molar-refractivity contribution in [2.75, 3.05) is 26.7 Å². The molecule has 1 aliphatic rings. The van der Waals surface area contributed by atoms with Crippen molar-refractivity contribution < 1.29 is 4.42 Å². The molecule has 0 aliphatic carbocycles. The first-order valence-corrected chi connectivity index (χ1v) is 10.3. The fraction of sp³-hybridized carbons (Fsp3) is 0.650. The molecule has 2 aromatic heterocycles. The lowest BCUT2D eigenvalue weighted by atomic mass is 10.0. The largest absolute Gasteiger partial charge is 0.461 e. The van der Waals surface area contributed by atoms with Gasteiger partial charge >= 0.3 is 0 Å². The quantitative estimate of drug-likeness (QED) is 0.499. The second kappa shape index (κ2) is 10.3. The van der Waals surface area contributed by atoms with Crippen LogP contribution in [0.25, 0.3) is 11.6 Å². The Kier molecular flexibility index (Phi) is 7.47. The van der Waals surface area contributed by atoms with Gasteiger partial charge in [0.25, 0.3) is 0 Å². The van der Waals surface area contributed by atoms with E-state index in [0.717, 1.165) is 18.3 Å². The highest BCUT2D eigenvalue weighted by molar-refractivity contribution is 5.79. The maximum atomic E-state index is 5.33. The number of hydrogen-bond acceptors (Lipinski definition) is 5. The van der Waals surface area contributed by atoms with Crippen molar-refractivity contribution >= 4 is 5.96 Å². The third-order valence-electron chi connectivity index (χ3n) is 5.28. The maximum absolute atomic E-state index is 5.33. The van der Waals surface area contributed by atoms with Crippen LogP contribution in [-0.4, -0.2) is 58.8 Å². The smallest absolute Gasteiger partial charge is 0.216 e. The zero-order valence-electron chi connectivity index (χ0n) is 17.2. The number of furan rings is 1. The molecule has 0 bridgehead atoms. The number of hydrogen-bond donors (Lipinski definition) is 3. The molecule has 1 aliphatic heterocycles. The highest BCUT2D eigenvalue weighted by Crippen LogP contribution is 2.17. The summed E-state index contributed by atoms with van der Waals surface area (Å²) in [7, 11) is 1.79. The van der Waals surface area contributed by atoms with Crippen LogP contribution in [0.2, 0.25) is 0 Å². The first kappa shape index (κ1) is 20.4. The van der Waals surface area contributed by atoms with E-state index in [2.05, 4.69) is 49.6 Å². The SMILES string of the molecule is CN=C(NCc1nc(-c2ccco2)n[nH]1)NCC(C(C)C)N1CCCCCC1. The zero-order chi connectivity index (χ0) is 19.8. The van der Waals surface area contributed by atoms with Crippen molar-refractivity contribution in [3.05, 3.63) is 24.2 Å². The predicted octanol–water partition coefficient (Wildman–Crippen LogP) is 2.63. The number of aliphatic imine (C=N–C) groups is 1. The van der Waals surface area contributed by atoms with Gasteiger partial charge in [0.15, 0.2) is 11.7 Å². The van der Waals surface area contributed by atoms with Gasteiger partial charge in [-0.3, -0.25) is 15.0 Å². The minimum atomic E-state index is 0.507. The summed E-state index contributed by atoms with van der Waals surface area (Å²) in [6.07, 6.45) is 6.94. The summed E-state index contributed by atoms with van der Waals surface area (Å²) in [6, 6.07) is 4.17. The molecule has 0 aromatic carbocycles. The van der Waals surface area contributed by atoms with Crippen LogP contribution in [0.15, 0.2) is 27.8 Å². The summed E-state index contributed by atoms with van der Waals surface area (Å²) in [6.45, 7) is 8.40. The van der Waals surface area contributed by atoms with Gasteiger partial charge in [0.05, 0.1) is 12.8 Å². The molecule has 1 unspecified atom stereocenters. The summed E-state index contributed by atoms with van der Waals surface area (Å²) in [4.78, 5) is 11.4. The maximum Gasteiger partial charge on any atom is 0.216 e. The van der Waals surface area contributed by atoms with Crippen LogP contribution in [0.1, 0.15) is 45.4 Å². The van der Waals surface area contributed by atoms with Gasteiger partial charge in [-0.1, -0.05) is 26.7 Å². The minimum absolute atomic E-state index is 0.507. The van der Waals surface area contributed by atoms with Crippen LogP contribution in [0, 0.1) is 5.92 Å². The van der Waals surface area contributed by atoms with Crippen molar-refractivity contribution in [1.82, 2.24) is 30.7 Å². The molecule has 0 spiro atoms. The van der Waals surface area contributed by atoms with E-state index < -0.39 is 0 Å². The van der Waals surface area contributed by atoms with Crippen LogP contribution in [0.4, 0.5) is 0 Å². The average Bonchev–Trinajstić information content (AvgIpc) is 3.31. The highest BCUT2D eigenvalue weighted by atomic mass is 16.3. The highest BCUT2D eigenvalue weighted by Gasteiger charge is 2.23. The molecule has 28 heavy (non-hydrogen) atoms. The van der Waals surface area contributed by atoms with E-state index in [0.29, 0.717) is 30.1 Å². The molecule has 8 heteroatoms. The number of aromatic nitrogens is 3. The second-order valence-electron chi connectivity index (χ2n) is 7.65. The van der Waals surface area contributed by atoms with E-state index in [-0.39, 0.29) is 0 Å². The Balaban J connectivity index is 1.50. The van der Waals surface area contributed by atoms with E-state index in [1.54, 1.807) is 13.3 Å². The van der Waals surface area contributed by atoms with Gasteiger partial charge in [-0.2, -0.15) is 0 Å². The van der Waals surface area contributed by atoms with E-state index in [4.69, 9.17) is 4.42 Å². The van der Waals surface area contributed by atoms with Crippen molar-refractivity contribution in [3.63, 3.8) is 0 Å². The molecule has 154 valence electrons. The third kappa shape index (κ3) is 5.58. The van der Waals surface area contributed by atoms with E-state index in [1.165, 1.54) is 38.8 Å². The summed E-state index contributed by atoms with van der Waals surface area (Å²) in [5.41, 5.74) is 0. The molecular formula is C20H33N7O. The third-order valence-corrected chi connectivity index (χ3v) is 5.28. The standard InChI is InChI=1S/C20H33N7O/c1-15(2)16(27-10-6-4-5-7-11-27)13-22-20(21-3)23-14-18-24-19(26-25-18)17-9-8-12-28-17/h8-9,12,15-16H,4-7,10-11,13-14H2,1-3H3,(H2,21,22,23)(H,24,25,26). The molecule has 1 saturated heterocycles. The van der Waals surface area contributed by atoms with Gasteiger partial charge in [-0.25, -0.2) is 4.98 Å². The minimum Gasteiger partial charge on any atom is -0.461 e. The lowest BCUT2D eigenvalue weighted by molar-refractivity contribution is 0.161. The van der Waals surface area contributed by atoms with E-state index in [9.17, 15) is 0 Å². The summed E-state index contributed by atoms with van der Waals surface area (Å²) >= 11 is 0. The zero-order valence-corrected chi connectivity index (χ0v) is 17.2. The van der Waals surface area contributed by atoms with Crippen molar-refractivity contribution in [2.45, 2.75) is 52.1 Å². The number of likely N-dealkylation sites (tertiary alicyclic amines) is 1. The Labute approximate surface area is 167 Å². The Morgan fingerprint density at radius 1 is 1.25 bits per heavy atom. The average molecular weight is 388 g/mol. The molecular weight excluding hydrogens is 354 g/mol. The van der Waals surface area contributed by atoms with Gasteiger partial charge < -0.3 is 15.1 Å². The summed E-state index contributed by atoms with van der Waals surface area (Å²) < 4.78 is 5.33. The van der Waals surface area contributed by atoms with Gasteiger partial charge in [-0.15, -0.1) is 5.10 Å². The van der Waals surface area contributed by atoms with E-state index in [1.807, 2.05) is 12.1 Å². The molecule has 3 heterocycles. The molecule has 2 aromatic rings. The van der Waals surface area contributed by atoms with Gasteiger partial charge in [-0.05, 0) is 44.0 Å². The molecule has 3 N–H and O–H groups in total. The molecule has 1 atom stereocenters. The topological polar surface area (TPSA) is 94.4 Å². The van der Waals surface area contributed by atoms with Gasteiger partial charge in [0.2, 0.25) is 5.82 Å². The van der Waals surface area contributed by atoms with Crippen molar-refractivity contribution in [1.29, 1.82) is 0 Å². The number of nitrogens with zero attached hydrogens (tertiary/aromatic N) is 4. The lowest BCUT2D eigenvalue weighted by Gasteiger charge is -2.34. The number of H-pyrrole nitrogens is 1. The Hall–Kier alpha value is -2.35. The van der Waals surface area contributed by atoms with Gasteiger partial charge in [0.1, 0.15) is 5.82 Å². The monoisotopic (exact) mass is 387 g/mol. The number of guanidine groups is 1. The molecule has 0 amide bonds.